The Morgan fingerprint density at radius 3 is 1.65 bits per heavy atom. The number of hydrogen-bond donors (Lipinski definition) is 0. The van der Waals surface area contributed by atoms with E-state index < -0.39 is 0 Å². The highest BCUT2D eigenvalue weighted by atomic mass is 15.1. The van der Waals surface area contributed by atoms with Crippen LogP contribution in [0.4, 0.5) is 11.4 Å². The Labute approximate surface area is 276 Å². The first kappa shape index (κ1) is 30.3. The molecule has 0 amide bonds. The summed E-state index contributed by atoms with van der Waals surface area (Å²) in [6.07, 6.45) is 3.85. The summed E-state index contributed by atoms with van der Waals surface area (Å²) in [6, 6.07) is 43.0. The van der Waals surface area contributed by atoms with E-state index in [1.165, 1.54) is 56.7 Å². The molecule has 46 heavy (non-hydrogen) atoms. The van der Waals surface area contributed by atoms with Gasteiger partial charge in [0, 0.05) is 30.3 Å². The maximum absolute atomic E-state index is 2.60. The first-order chi connectivity index (χ1) is 22.1. The van der Waals surface area contributed by atoms with Crippen LogP contribution in [0, 0.1) is 11.8 Å². The van der Waals surface area contributed by atoms with E-state index in [9.17, 15) is 0 Å². The second kappa shape index (κ2) is 11.8. The van der Waals surface area contributed by atoms with Gasteiger partial charge in [0.05, 0.1) is 0 Å². The Balaban J connectivity index is 1.19. The summed E-state index contributed by atoms with van der Waals surface area (Å²) < 4.78 is 0. The van der Waals surface area contributed by atoms with Crippen LogP contribution in [-0.4, -0.2) is 7.05 Å². The molecular weight excluding hydrogens is 555 g/mol. The van der Waals surface area contributed by atoms with E-state index >= 15 is 0 Å². The topological polar surface area (TPSA) is 3.24 Å². The lowest BCUT2D eigenvalue weighted by Crippen LogP contribution is -2.32. The zero-order chi connectivity index (χ0) is 32.2. The third-order valence-corrected chi connectivity index (χ3v) is 10.8. The predicted molar refractivity (Wildman–Crippen MR) is 198 cm³/mol. The summed E-state index contributed by atoms with van der Waals surface area (Å²) in [7, 11) is 2.16. The smallest absolute Gasteiger partial charge is 0.0408 e. The van der Waals surface area contributed by atoms with E-state index in [1.807, 2.05) is 0 Å². The lowest BCUT2D eigenvalue weighted by Gasteiger charge is -2.46. The van der Waals surface area contributed by atoms with Crippen molar-refractivity contribution in [2.45, 2.75) is 65.2 Å². The van der Waals surface area contributed by atoms with Gasteiger partial charge < -0.3 is 4.90 Å². The average molecular weight is 602 g/mol. The molecule has 1 nitrogen and oxygen atoms in total. The molecular formula is C45H47N. The Morgan fingerprint density at radius 1 is 0.609 bits per heavy atom. The average Bonchev–Trinajstić information content (AvgIpc) is 3.07. The van der Waals surface area contributed by atoms with Crippen molar-refractivity contribution >= 4 is 11.4 Å². The summed E-state index contributed by atoms with van der Waals surface area (Å²) in [4.78, 5) is 2.28. The van der Waals surface area contributed by atoms with Gasteiger partial charge in [-0.05, 0) is 105 Å². The minimum Gasteiger partial charge on any atom is -0.345 e. The van der Waals surface area contributed by atoms with Gasteiger partial charge in [0.15, 0.2) is 0 Å². The Hall–Kier alpha value is -4.36. The summed E-state index contributed by atoms with van der Waals surface area (Å²) in [5, 5.41) is 0. The lowest BCUT2D eigenvalue weighted by molar-refractivity contribution is 0.281. The second-order valence-corrected chi connectivity index (χ2v) is 15.0. The van der Waals surface area contributed by atoms with Crippen molar-refractivity contribution in [3.63, 3.8) is 0 Å². The number of benzene rings is 5. The molecule has 0 saturated heterocycles. The van der Waals surface area contributed by atoms with E-state index in [4.69, 9.17) is 0 Å². The number of fused-ring (bicyclic) bond motifs is 1. The number of rotatable bonds is 6. The Bertz CT molecular complexity index is 1870. The maximum atomic E-state index is 2.60. The fourth-order valence-electron chi connectivity index (χ4n) is 8.00. The van der Waals surface area contributed by atoms with Crippen molar-refractivity contribution in [2.75, 3.05) is 11.9 Å². The molecule has 0 aliphatic heterocycles. The van der Waals surface area contributed by atoms with Crippen molar-refractivity contribution in [3.05, 3.63) is 144 Å². The van der Waals surface area contributed by atoms with E-state index in [2.05, 4.69) is 175 Å². The van der Waals surface area contributed by atoms with Crippen LogP contribution in [0.15, 0.2) is 127 Å². The van der Waals surface area contributed by atoms with Gasteiger partial charge in [-0.3, -0.25) is 0 Å². The summed E-state index contributed by atoms with van der Waals surface area (Å²) in [5.74, 6) is 2.30. The van der Waals surface area contributed by atoms with Gasteiger partial charge in [0.25, 0.3) is 0 Å². The molecule has 8 rings (SSSR count). The van der Waals surface area contributed by atoms with Crippen molar-refractivity contribution < 1.29 is 0 Å². The molecule has 0 spiro atoms. The fraction of sp³-hybridized carbons (Fsp3) is 0.289. The van der Waals surface area contributed by atoms with Crippen LogP contribution in [0.5, 0.6) is 0 Å². The molecule has 3 aliphatic rings. The molecule has 3 atom stereocenters. The Kier molecular flexibility index (Phi) is 7.76. The highest BCUT2D eigenvalue weighted by molar-refractivity contribution is 5.82. The molecule has 1 heteroatoms. The van der Waals surface area contributed by atoms with E-state index in [-0.39, 0.29) is 5.41 Å². The van der Waals surface area contributed by atoms with Gasteiger partial charge in [0.1, 0.15) is 0 Å². The Morgan fingerprint density at radius 2 is 1.11 bits per heavy atom. The molecule has 0 aromatic heterocycles. The van der Waals surface area contributed by atoms with Crippen LogP contribution < -0.4 is 4.90 Å². The van der Waals surface area contributed by atoms with Crippen molar-refractivity contribution in [1.82, 2.24) is 0 Å². The van der Waals surface area contributed by atoms with Crippen LogP contribution in [0.25, 0.3) is 33.4 Å². The largest absolute Gasteiger partial charge is 0.345 e. The highest BCUT2D eigenvalue weighted by Crippen LogP contribution is 2.58. The zero-order valence-corrected chi connectivity index (χ0v) is 28.5. The van der Waals surface area contributed by atoms with Gasteiger partial charge in [-0.2, -0.15) is 0 Å². The quantitative estimate of drug-likeness (QED) is 0.175. The van der Waals surface area contributed by atoms with E-state index in [1.54, 1.807) is 16.7 Å². The molecule has 3 aliphatic carbocycles. The first-order valence-corrected chi connectivity index (χ1v) is 17.1. The van der Waals surface area contributed by atoms with Crippen LogP contribution in [0.1, 0.15) is 76.5 Å². The molecule has 0 N–H and O–H groups in total. The monoisotopic (exact) mass is 601 g/mol. The molecule has 2 bridgehead atoms. The van der Waals surface area contributed by atoms with Crippen molar-refractivity contribution in [1.29, 1.82) is 0 Å². The molecule has 232 valence electrons. The molecule has 0 heterocycles. The van der Waals surface area contributed by atoms with Crippen molar-refractivity contribution in [3.8, 4) is 33.4 Å². The van der Waals surface area contributed by atoms with Gasteiger partial charge in [-0.25, -0.2) is 0 Å². The maximum Gasteiger partial charge on any atom is 0.0408 e. The summed E-state index contributed by atoms with van der Waals surface area (Å²) in [5.41, 5.74) is 16.5. The lowest BCUT2D eigenvalue weighted by atomic mass is 9.58. The minimum absolute atomic E-state index is 0.165. The standard InChI is InChI=1S/C45H47N/c1-29(2)40-28-41-30(3)27-42(40)44-38(33-11-9-8-10-12-33)25-26-39(43(41)44)34-17-23-37(24-18-34)46(7)36-21-15-32(16-22-36)31-13-19-35(20-14-31)45(4,5)6/h8-27,29,40-42H,28H2,1-7H3. The normalized spacial score (nSPS) is 18.8. The predicted octanol–water partition coefficient (Wildman–Crippen LogP) is 12.6. The number of allylic oxidation sites excluding steroid dienone is 2. The van der Waals surface area contributed by atoms with Gasteiger partial charge in [-0.1, -0.05) is 137 Å². The molecule has 0 radical (unpaired) electrons. The summed E-state index contributed by atoms with van der Waals surface area (Å²) >= 11 is 0. The van der Waals surface area contributed by atoms with Gasteiger partial charge in [-0.15, -0.1) is 0 Å². The highest BCUT2D eigenvalue weighted by Gasteiger charge is 2.42. The molecule has 3 unspecified atom stereocenters. The van der Waals surface area contributed by atoms with Crippen molar-refractivity contribution in [2.24, 2.45) is 11.8 Å². The zero-order valence-electron chi connectivity index (χ0n) is 28.5. The third kappa shape index (κ3) is 5.41. The molecule has 5 aromatic rings. The fourth-order valence-corrected chi connectivity index (χ4v) is 8.00. The summed E-state index contributed by atoms with van der Waals surface area (Å²) in [6.45, 7) is 14.0. The molecule has 0 saturated carbocycles. The van der Waals surface area contributed by atoms with Crippen LogP contribution in [-0.2, 0) is 5.41 Å². The number of hydrogen-bond acceptors (Lipinski definition) is 1. The number of nitrogens with zero attached hydrogens (tertiary/aromatic N) is 1. The SMILES string of the molecule is CC1=CC2c3c(-c4ccccc4)ccc(-c4ccc(N(C)c5ccc(-c6ccc(C(C)(C)C)cc6)cc5)cc4)c3C1CC2C(C)C. The van der Waals surface area contributed by atoms with Gasteiger partial charge >= 0.3 is 0 Å². The third-order valence-electron chi connectivity index (χ3n) is 10.8. The molecule has 5 aromatic carbocycles. The van der Waals surface area contributed by atoms with E-state index in [0.717, 1.165) is 0 Å². The van der Waals surface area contributed by atoms with Crippen LogP contribution in [0.3, 0.4) is 0 Å². The van der Waals surface area contributed by atoms with Crippen LogP contribution in [0.2, 0.25) is 0 Å². The van der Waals surface area contributed by atoms with Gasteiger partial charge in [0.2, 0.25) is 0 Å². The van der Waals surface area contributed by atoms with Crippen LogP contribution >= 0.6 is 0 Å². The van der Waals surface area contributed by atoms with E-state index in [0.29, 0.717) is 23.7 Å². The number of anilines is 2. The first-order valence-electron chi connectivity index (χ1n) is 17.1. The minimum atomic E-state index is 0.165. The second-order valence-electron chi connectivity index (χ2n) is 15.0. The molecule has 0 fully saturated rings.